The number of nitrogens with zero attached hydrogens (tertiary/aromatic N) is 12. The molecule has 0 radical (unpaired) electrons. The summed E-state index contributed by atoms with van der Waals surface area (Å²) >= 11 is 0. The summed E-state index contributed by atoms with van der Waals surface area (Å²) in [5.41, 5.74) is 8.73. The Labute approximate surface area is 614 Å². The number of aliphatic hydroxyl groups excluding tert-OH is 2. The zero-order valence-electron chi connectivity index (χ0n) is 60.6. The molecule has 1 saturated carbocycles. The first-order valence-corrected chi connectivity index (χ1v) is 36.3. The normalized spacial score (nSPS) is 18.2. The fourth-order valence-corrected chi connectivity index (χ4v) is 15.5. The number of likely N-dealkylation sites (tertiary alicyclic amines) is 2. The average molecular weight is 1430 g/mol. The molecule has 544 valence electrons. The van der Waals surface area contributed by atoms with Crippen molar-refractivity contribution in [3.8, 4) is 45.4 Å². The minimum atomic E-state index is -1.04. The number of rotatable bonds is 23. The number of anilines is 1. The predicted molar refractivity (Wildman–Crippen MR) is 399 cm³/mol. The van der Waals surface area contributed by atoms with Crippen LogP contribution < -0.4 is 19.7 Å². The number of hydrogen-bond donors (Lipinski definition) is 3. The van der Waals surface area contributed by atoms with Crippen molar-refractivity contribution in [3.63, 3.8) is 0 Å². The van der Waals surface area contributed by atoms with Crippen molar-refractivity contribution >= 4 is 45.5 Å². The van der Waals surface area contributed by atoms with Crippen LogP contribution >= 0.6 is 0 Å². The van der Waals surface area contributed by atoms with Gasteiger partial charge in [-0.3, -0.25) is 24.2 Å². The molecular formula is C83H86FN13O9. The van der Waals surface area contributed by atoms with E-state index in [1.165, 1.54) is 15.6 Å². The van der Waals surface area contributed by atoms with Crippen LogP contribution in [0, 0.1) is 18.7 Å². The molecule has 3 aliphatic heterocycles. The van der Waals surface area contributed by atoms with Gasteiger partial charge in [0, 0.05) is 90.8 Å². The summed E-state index contributed by atoms with van der Waals surface area (Å²) in [4.78, 5) is 67.4. The second-order valence-corrected chi connectivity index (χ2v) is 29.6. The lowest BCUT2D eigenvalue weighted by atomic mass is 9.77. The van der Waals surface area contributed by atoms with Crippen molar-refractivity contribution in [1.29, 1.82) is 0 Å². The minimum Gasteiger partial charge on any atom is -0.486 e. The van der Waals surface area contributed by atoms with Crippen LogP contribution in [0.5, 0.6) is 11.8 Å². The van der Waals surface area contributed by atoms with Crippen molar-refractivity contribution in [3.05, 3.63) is 227 Å². The Bertz CT molecular complexity index is 4920. The Kier molecular flexibility index (Phi) is 19.4. The van der Waals surface area contributed by atoms with Gasteiger partial charge >= 0.3 is 12.1 Å². The monoisotopic (exact) mass is 1430 g/mol. The van der Waals surface area contributed by atoms with Gasteiger partial charge in [0.15, 0.2) is 5.75 Å². The van der Waals surface area contributed by atoms with Crippen LogP contribution in [0.15, 0.2) is 183 Å². The molecule has 4 fully saturated rings. The molecule has 4 aromatic heterocycles. The van der Waals surface area contributed by atoms with Gasteiger partial charge in [-0.2, -0.15) is 15.1 Å². The van der Waals surface area contributed by atoms with Gasteiger partial charge in [-0.05, 0) is 111 Å². The average Bonchev–Trinajstić information content (AvgIpc) is 1.46. The van der Waals surface area contributed by atoms with E-state index >= 15 is 4.39 Å². The molecule has 4 aliphatic rings. The quantitative estimate of drug-likeness (QED) is 0.0503. The van der Waals surface area contributed by atoms with Crippen molar-refractivity contribution in [1.82, 2.24) is 59.8 Å². The highest BCUT2D eigenvalue weighted by atomic mass is 19.1. The maximum Gasteiger partial charge on any atom is 0.410 e. The lowest BCUT2D eigenvalue weighted by molar-refractivity contribution is -0.142. The summed E-state index contributed by atoms with van der Waals surface area (Å²) in [6.45, 7) is 13.7. The van der Waals surface area contributed by atoms with Crippen molar-refractivity contribution in [2.75, 3.05) is 44.9 Å². The second kappa shape index (κ2) is 29.1. The van der Waals surface area contributed by atoms with E-state index in [4.69, 9.17) is 34.0 Å². The lowest BCUT2D eigenvalue weighted by Gasteiger charge is -2.36. The van der Waals surface area contributed by atoms with Gasteiger partial charge in [0.05, 0.1) is 60.5 Å². The molecule has 106 heavy (non-hydrogen) atoms. The highest BCUT2D eigenvalue weighted by Crippen LogP contribution is 2.55. The number of aliphatic hydroxyl groups is 2. The molecule has 0 spiro atoms. The molecule has 3 amide bonds. The maximum atomic E-state index is 17.6. The Morgan fingerprint density at radius 1 is 0.736 bits per heavy atom. The van der Waals surface area contributed by atoms with Crippen LogP contribution in [0.3, 0.4) is 0 Å². The number of carbonyl (C=O) groups excluding carboxylic acids is 3. The number of hydrogen-bond acceptors (Lipinski definition) is 17. The molecule has 7 heterocycles. The van der Waals surface area contributed by atoms with E-state index in [0.29, 0.717) is 92.1 Å². The lowest BCUT2D eigenvalue weighted by Crippen LogP contribution is -2.50. The van der Waals surface area contributed by atoms with Crippen molar-refractivity contribution < 1.29 is 47.9 Å². The second-order valence-electron chi connectivity index (χ2n) is 29.6. The zero-order valence-corrected chi connectivity index (χ0v) is 60.6. The largest absolute Gasteiger partial charge is 0.486 e. The number of halogens is 1. The number of benzene rings is 7. The summed E-state index contributed by atoms with van der Waals surface area (Å²) < 4.78 is 46.7. The SMILES string of the molecule is CO[C@@H](C)COc1nc(N2C[C@@H]3C[C@H]2CN3C(=O)OC(C)(C)C)c2cc(C3CC3)c(-c3c(C)c(F)cc4nn(C(c5ccccc5)(c5ccccc5)c5ccccc5)cc34)c(OCc3ccc(-c4cn([C@H](C(=O)N5C[C@H](O)C[C@H]5C(=O)N[C@@H](CO)c5ccc(-c6cnccn6)cc5)C(C)C)nn4)cc3)c2n1. The number of carbonyl (C=O) groups is 3. The number of methoxy groups -OCH3 is 1. The van der Waals surface area contributed by atoms with Gasteiger partial charge in [-0.1, -0.05) is 159 Å². The first kappa shape index (κ1) is 70.6. The smallest absolute Gasteiger partial charge is 0.410 e. The first-order valence-electron chi connectivity index (χ1n) is 36.3. The van der Waals surface area contributed by atoms with Gasteiger partial charge in [-0.15, -0.1) is 5.10 Å². The van der Waals surface area contributed by atoms with Crippen LogP contribution in [-0.2, 0) is 31.2 Å². The topological polar surface area (TPSA) is 250 Å². The van der Waals surface area contributed by atoms with Gasteiger partial charge in [0.2, 0.25) is 11.8 Å². The molecule has 2 bridgehead atoms. The third-order valence-corrected chi connectivity index (χ3v) is 21.0. The van der Waals surface area contributed by atoms with Crippen LogP contribution in [0.4, 0.5) is 15.0 Å². The fourth-order valence-electron chi connectivity index (χ4n) is 15.5. The van der Waals surface area contributed by atoms with E-state index in [1.54, 1.807) is 44.0 Å². The standard InChI is InChI=1S/C83H86FN13O9/c1-49(2)75(79(101)95-43-62(99)37-71(95)78(100)87-70(46-98)56-32-30-54(31-33-56)68-40-85-34-35-86-68)96-45-69(90-92-96)55-26-24-52(25-27-55)48-104-76-73(72-51(4)66(84)39-67-65(72)44-97(91-67)83(57-18-12-9-13-19-57,58-20-14-10-15-21-58)59-22-16-11-17-23-59)63(53-28-29-53)38-64-74(76)88-80(105-47-50(3)103-8)89-77(64)93-41-61-36-60(93)42-94(61)81(102)106-82(5,6)7/h9-27,30-35,38-40,44-45,49-50,53,60-62,70-71,75,98-99H,28-29,36-37,41-43,46-48H2,1-8H3,(H,87,100)/t50-,60-,61-,62+,70-,71-,75-/m0/s1. The third kappa shape index (κ3) is 13.7. The van der Waals surface area contributed by atoms with Crippen molar-refractivity contribution in [2.24, 2.45) is 5.92 Å². The summed E-state index contributed by atoms with van der Waals surface area (Å²) in [7, 11) is 1.62. The van der Waals surface area contributed by atoms with E-state index in [-0.39, 0.29) is 68.3 Å². The number of fused-ring (bicyclic) bond motifs is 4. The molecule has 11 aromatic rings. The van der Waals surface area contributed by atoms with Crippen LogP contribution in [-0.4, -0.2) is 159 Å². The highest BCUT2D eigenvalue weighted by Gasteiger charge is 2.49. The molecule has 15 rings (SSSR count). The molecule has 3 N–H and O–H groups in total. The van der Waals surface area contributed by atoms with E-state index in [1.807, 2.05) is 149 Å². The minimum absolute atomic E-state index is 0.00392. The number of ether oxygens (including phenoxy) is 4. The van der Waals surface area contributed by atoms with E-state index in [0.717, 1.165) is 46.2 Å². The molecular weight excluding hydrogens is 1340 g/mol. The Morgan fingerprint density at radius 3 is 2.01 bits per heavy atom. The van der Waals surface area contributed by atoms with Crippen LogP contribution in [0.2, 0.25) is 0 Å². The predicted octanol–water partition coefficient (Wildman–Crippen LogP) is 12.7. The Hall–Kier alpha value is -11.0. The third-order valence-electron chi connectivity index (χ3n) is 21.0. The fraction of sp³-hybridized carbons (Fsp3) is 0.349. The molecule has 0 unspecified atom stereocenters. The zero-order chi connectivity index (χ0) is 73.7. The summed E-state index contributed by atoms with van der Waals surface area (Å²) in [5.74, 6) is -0.625. The Balaban J connectivity index is 0.799. The number of amides is 3. The van der Waals surface area contributed by atoms with Gasteiger partial charge < -0.3 is 49.2 Å². The van der Waals surface area contributed by atoms with E-state index < -0.39 is 59.6 Å². The van der Waals surface area contributed by atoms with E-state index in [9.17, 15) is 24.6 Å². The van der Waals surface area contributed by atoms with Gasteiger partial charge in [-0.25, -0.2) is 13.9 Å². The Morgan fingerprint density at radius 2 is 1.41 bits per heavy atom. The number of nitrogens with one attached hydrogen (secondary N) is 1. The summed E-state index contributed by atoms with van der Waals surface area (Å²) in [6, 6.07) is 46.6. The molecule has 7 aromatic carbocycles. The van der Waals surface area contributed by atoms with E-state index in [2.05, 4.69) is 79.2 Å². The molecule has 7 atom stereocenters. The molecule has 1 aliphatic carbocycles. The number of β-amino-alcohol motifs (C(OH)–C–C–N with tert-alkyl or cyclic N) is 1. The van der Waals surface area contributed by atoms with Gasteiger partial charge in [0.25, 0.3) is 0 Å². The van der Waals surface area contributed by atoms with Crippen molar-refractivity contribution in [2.45, 2.75) is 140 Å². The summed E-state index contributed by atoms with van der Waals surface area (Å²) in [5, 5.41) is 40.5. The number of piperazine rings is 1. The number of aromatic nitrogens is 9. The first-order chi connectivity index (χ1) is 51.3. The summed E-state index contributed by atoms with van der Waals surface area (Å²) in [6.07, 6.45) is 9.40. The maximum absolute atomic E-state index is 17.6. The molecule has 3 saturated heterocycles. The molecule has 22 nitrogen and oxygen atoms in total. The van der Waals surface area contributed by atoms with Crippen LogP contribution in [0.25, 0.3) is 55.4 Å². The molecule has 23 heteroatoms. The van der Waals surface area contributed by atoms with Gasteiger partial charge in [0.1, 0.15) is 59.3 Å². The van der Waals surface area contributed by atoms with Crippen LogP contribution in [0.1, 0.15) is 124 Å². The highest BCUT2D eigenvalue weighted by molar-refractivity contribution is 6.06.